The molecule has 0 amide bonds. The van der Waals surface area contributed by atoms with Crippen molar-refractivity contribution < 1.29 is 47.3 Å². The number of phosphoric ester groups is 1. The van der Waals surface area contributed by atoms with Crippen LogP contribution in [0.1, 0.15) is 19.6 Å². The Morgan fingerprint density at radius 2 is 2.06 bits per heavy atom. The zero-order valence-corrected chi connectivity index (χ0v) is 17.5. The quantitative estimate of drug-likeness (QED) is 0.241. The summed E-state index contributed by atoms with van der Waals surface area (Å²) >= 11 is 0. The molecule has 3 heterocycles. The molecule has 5 atom stereocenters. The van der Waals surface area contributed by atoms with Crippen LogP contribution in [-0.4, -0.2) is 63.9 Å². The number of phosphoric acid groups is 2. The van der Waals surface area contributed by atoms with Crippen LogP contribution < -0.4 is 11.3 Å². The number of nitrogens with two attached hydrogens (primary N) is 1. The van der Waals surface area contributed by atoms with Gasteiger partial charge in [-0.2, -0.15) is 9.29 Å². The monoisotopic (exact) mass is 483 g/mol. The highest BCUT2D eigenvalue weighted by atomic mass is 31.3. The van der Waals surface area contributed by atoms with E-state index in [0.717, 1.165) is 6.33 Å². The van der Waals surface area contributed by atoms with E-state index >= 15 is 0 Å². The summed E-state index contributed by atoms with van der Waals surface area (Å²) in [4.78, 5) is 60.5. The fraction of sp³-hybridized carbons (Fsp3) is 0.538. The number of aliphatic hydroxyl groups is 1. The summed E-state index contributed by atoms with van der Waals surface area (Å²) in [5.41, 5.74) is 4.79. The van der Waals surface area contributed by atoms with Gasteiger partial charge in [0.05, 0.1) is 19.0 Å². The minimum Gasteiger partial charge on any atom is -0.388 e. The van der Waals surface area contributed by atoms with E-state index in [1.807, 2.05) is 0 Å². The van der Waals surface area contributed by atoms with Gasteiger partial charge in [0, 0.05) is 12.3 Å². The number of nitrogens with one attached hydrogen (secondary N) is 1. The Morgan fingerprint density at radius 1 is 1.39 bits per heavy atom. The maximum absolute atomic E-state index is 12.0. The van der Waals surface area contributed by atoms with E-state index in [2.05, 4.69) is 23.8 Å². The zero-order valence-electron chi connectivity index (χ0n) is 15.8. The van der Waals surface area contributed by atoms with Crippen LogP contribution in [0.2, 0.25) is 0 Å². The number of carbonyl (C=O) groups is 1. The number of nitrogens with zero attached hydrogens (tertiary/aromatic N) is 3. The molecule has 18 heteroatoms. The summed E-state index contributed by atoms with van der Waals surface area (Å²) in [6.07, 6.45) is -2.86. The average Bonchev–Trinajstić information content (AvgIpc) is 3.13. The molecule has 1 unspecified atom stereocenters. The van der Waals surface area contributed by atoms with Crippen LogP contribution in [-0.2, 0) is 27.5 Å². The van der Waals surface area contributed by atoms with E-state index in [0.29, 0.717) is 0 Å². The molecule has 1 fully saturated rings. The van der Waals surface area contributed by atoms with Crippen LogP contribution in [0.15, 0.2) is 11.1 Å². The number of hydrogen-bond acceptors (Lipinski definition) is 11. The van der Waals surface area contributed by atoms with E-state index in [9.17, 15) is 28.7 Å². The molecule has 0 aliphatic carbocycles. The van der Waals surface area contributed by atoms with Crippen molar-refractivity contribution in [3.05, 3.63) is 16.7 Å². The molecule has 16 nitrogen and oxygen atoms in total. The number of aromatic amines is 1. The number of ether oxygens (including phenoxy) is 1. The van der Waals surface area contributed by atoms with Gasteiger partial charge in [0.25, 0.3) is 5.56 Å². The lowest BCUT2D eigenvalue weighted by Gasteiger charge is -2.20. The van der Waals surface area contributed by atoms with E-state index < -0.39 is 52.2 Å². The number of rotatable bonds is 8. The van der Waals surface area contributed by atoms with Crippen molar-refractivity contribution in [2.45, 2.75) is 31.8 Å². The third-order valence-corrected chi connectivity index (χ3v) is 6.53. The predicted octanol–water partition coefficient (Wildman–Crippen LogP) is -1.22. The number of hydrogen-bond donors (Lipinski definition) is 6. The van der Waals surface area contributed by atoms with E-state index in [1.165, 1.54) is 11.5 Å². The van der Waals surface area contributed by atoms with E-state index in [-0.39, 0.29) is 29.3 Å². The minimum atomic E-state index is -5.33. The highest BCUT2D eigenvalue weighted by molar-refractivity contribution is 7.60. The molecular weight excluding hydrogens is 464 g/mol. The third-order valence-electron chi connectivity index (χ3n) is 4.38. The van der Waals surface area contributed by atoms with Crippen LogP contribution in [0.25, 0.3) is 11.2 Å². The van der Waals surface area contributed by atoms with Gasteiger partial charge < -0.3 is 35.1 Å². The fourth-order valence-corrected chi connectivity index (χ4v) is 4.82. The topological polar surface area (TPSA) is 249 Å². The number of carbonyl (C=O) groups excluding carboxylic acids is 1. The highest BCUT2D eigenvalue weighted by Gasteiger charge is 2.47. The predicted molar refractivity (Wildman–Crippen MR) is 100 cm³/mol. The van der Waals surface area contributed by atoms with Crippen LogP contribution in [0.3, 0.4) is 0 Å². The number of Topliss-reactive ketones (excluding diaryl/α,β-unsaturated/α-hetero) is 1. The molecule has 1 saturated heterocycles. The highest BCUT2D eigenvalue weighted by Crippen LogP contribution is 2.58. The molecule has 1 aliphatic rings. The first-order valence-electron chi connectivity index (χ1n) is 8.57. The van der Waals surface area contributed by atoms with Crippen molar-refractivity contribution in [2.75, 3.05) is 12.3 Å². The number of imidazole rings is 1. The first-order valence-corrected chi connectivity index (χ1v) is 11.6. The Balaban J connectivity index is 1.88. The average molecular weight is 483 g/mol. The summed E-state index contributed by atoms with van der Waals surface area (Å²) in [5, 5.41) is 10.7. The van der Waals surface area contributed by atoms with E-state index in [4.69, 9.17) is 20.3 Å². The molecule has 7 N–H and O–H groups in total. The van der Waals surface area contributed by atoms with Gasteiger partial charge in [-0.1, -0.05) is 0 Å². The number of H-pyrrole nitrogens is 1. The standard InChI is InChI=1S/C13H19N5O11P2/c1-5(19)2-6-7(3-27-31(25,26)29-30(22,23)24)28-12(9(6)20)18-4-15-8-10(18)16-13(14)17-11(8)21/h4,6-7,9,12,20H,2-3H2,1H3,(H,25,26)(H2,22,23,24)(H3,14,16,17,21)/t6-,7-,9-,12-/m1/s1. The Bertz CT molecular complexity index is 1140. The number of aromatic nitrogens is 4. The lowest BCUT2D eigenvalue weighted by atomic mass is 9.93. The second-order valence-electron chi connectivity index (χ2n) is 6.74. The van der Waals surface area contributed by atoms with Crippen molar-refractivity contribution >= 4 is 38.5 Å². The molecule has 2 aromatic rings. The van der Waals surface area contributed by atoms with Gasteiger partial charge in [-0.15, -0.1) is 0 Å². The molecule has 1 aliphatic heterocycles. The normalized spacial score (nSPS) is 26.2. The Labute approximate surface area is 172 Å². The second kappa shape index (κ2) is 8.50. The van der Waals surface area contributed by atoms with Crippen LogP contribution in [0, 0.1) is 5.92 Å². The van der Waals surface area contributed by atoms with Gasteiger partial charge in [0.15, 0.2) is 17.4 Å². The molecular formula is C13H19N5O11P2. The lowest BCUT2D eigenvalue weighted by molar-refractivity contribution is -0.119. The lowest BCUT2D eigenvalue weighted by Crippen LogP contribution is -2.30. The Hall–Kier alpha value is -2.00. The first-order chi connectivity index (χ1) is 14.3. The van der Waals surface area contributed by atoms with Crippen molar-refractivity contribution in [1.29, 1.82) is 0 Å². The second-order valence-corrected chi connectivity index (χ2v) is 9.57. The molecule has 0 aromatic carbocycles. The van der Waals surface area contributed by atoms with Crippen molar-refractivity contribution in [3.8, 4) is 0 Å². The number of anilines is 1. The van der Waals surface area contributed by atoms with Gasteiger partial charge in [0.2, 0.25) is 5.95 Å². The number of nitrogen functional groups attached to an aromatic ring is 1. The maximum atomic E-state index is 12.0. The van der Waals surface area contributed by atoms with Gasteiger partial charge in [-0.05, 0) is 6.92 Å². The van der Waals surface area contributed by atoms with Crippen LogP contribution in [0.4, 0.5) is 5.95 Å². The number of fused-ring (bicyclic) bond motifs is 1. The zero-order chi connectivity index (χ0) is 23.1. The summed E-state index contributed by atoms with van der Waals surface area (Å²) in [7, 11) is -10.5. The maximum Gasteiger partial charge on any atom is 0.481 e. The van der Waals surface area contributed by atoms with Gasteiger partial charge >= 0.3 is 15.6 Å². The largest absolute Gasteiger partial charge is 0.481 e. The Kier molecular flexibility index (Phi) is 6.49. The molecule has 172 valence electrons. The minimum absolute atomic E-state index is 0.0221. The van der Waals surface area contributed by atoms with E-state index in [1.54, 1.807) is 0 Å². The first kappa shape index (κ1) is 23.7. The molecule has 31 heavy (non-hydrogen) atoms. The molecule has 0 bridgehead atoms. The number of aliphatic hydroxyl groups excluding tert-OH is 1. The molecule has 3 rings (SSSR count). The fourth-order valence-electron chi connectivity index (χ4n) is 3.22. The summed E-state index contributed by atoms with van der Waals surface area (Å²) < 4.78 is 37.6. The summed E-state index contributed by atoms with van der Waals surface area (Å²) in [6.45, 7) is 0.488. The third kappa shape index (κ3) is 5.44. The van der Waals surface area contributed by atoms with Crippen LogP contribution in [0.5, 0.6) is 0 Å². The summed E-state index contributed by atoms with van der Waals surface area (Å²) in [6, 6.07) is 0. The van der Waals surface area contributed by atoms with Gasteiger partial charge in [0.1, 0.15) is 11.9 Å². The SMILES string of the molecule is CC(=O)C[C@H]1[C@@H](O)[C@H](n2cnc3c(=O)[nH]c(N)nc32)O[C@@H]1COP(=O)(O)OP(=O)(O)O. The summed E-state index contributed by atoms with van der Waals surface area (Å²) in [5.74, 6) is -1.51. The van der Waals surface area contributed by atoms with Crippen LogP contribution >= 0.6 is 15.6 Å². The molecule has 0 radical (unpaired) electrons. The molecule has 0 spiro atoms. The van der Waals surface area contributed by atoms with Crippen molar-refractivity contribution in [3.63, 3.8) is 0 Å². The van der Waals surface area contributed by atoms with Crippen molar-refractivity contribution in [2.24, 2.45) is 5.92 Å². The smallest absolute Gasteiger partial charge is 0.388 e. The molecule has 0 saturated carbocycles. The number of ketones is 1. The van der Waals surface area contributed by atoms with Gasteiger partial charge in [-0.25, -0.2) is 14.1 Å². The van der Waals surface area contributed by atoms with Gasteiger partial charge in [-0.3, -0.25) is 18.9 Å². The molecule has 2 aromatic heterocycles. The van der Waals surface area contributed by atoms with Crippen molar-refractivity contribution in [1.82, 2.24) is 19.5 Å². The Morgan fingerprint density at radius 3 is 2.68 bits per heavy atom.